The summed E-state index contributed by atoms with van der Waals surface area (Å²) < 4.78 is 11.4. The van der Waals surface area contributed by atoms with Crippen LogP contribution in [0.15, 0.2) is 58.8 Å². The molecule has 1 aromatic heterocycles. The van der Waals surface area contributed by atoms with Crippen molar-refractivity contribution < 1.29 is 14.3 Å². The van der Waals surface area contributed by atoms with Crippen molar-refractivity contribution in [2.45, 2.75) is 5.16 Å². The summed E-state index contributed by atoms with van der Waals surface area (Å²) in [4.78, 5) is 12.1. The first-order chi connectivity index (χ1) is 14.6. The molecule has 3 aromatic rings. The average molecular weight is 427 g/mol. The molecule has 30 heavy (non-hydrogen) atoms. The van der Waals surface area contributed by atoms with Crippen molar-refractivity contribution >= 4 is 35.5 Å². The zero-order chi connectivity index (χ0) is 21.3. The number of rotatable bonds is 9. The number of carbonyl (C=O) groups is 1. The maximum Gasteiger partial charge on any atom is 0.264 e. The molecule has 0 saturated carbocycles. The summed E-state index contributed by atoms with van der Waals surface area (Å²) >= 11 is 1.16. The summed E-state index contributed by atoms with van der Waals surface area (Å²) in [6.45, 7) is 0. The van der Waals surface area contributed by atoms with Gasteiger partial charge in [0.25, 0.3) is 5.95 Å². The first-order valence-corrected chi connectivity index (χ1v) is 9.78. The number of hydrogen-bond acceptors (Lipinski definition) is 9. The van der Waals surface area contributed by atoms with E-state index in [4.69, 9.17) is 15.3 Å². The minimum Gasteiger partial charge on any atom is -0.497 e. The Morgan fingerprint density at radius 2 is 1.73 bits per heavy atom. The third-order valence-electron chi connectivity index (χ3n) is 3.86. The van der Waals surface area contributed by atoms with E-state index in [0.717, 1.165) is 23.1 Å². The van der Waals surface area contributed by atoms with Crippen LogP contribution in [-0.2, 0) is 4.79 Å². The number of hydrazone groups is 1. The molecule has 0 unspecified atom stereocenters. The molecule has 0 aliphatic heterocycles. The third kappa shape index (κ3) is 5.64. The quantitative estimate of drug-likeness (QED) is 0.205. The Morgan fingerprint density at radius 3 is 2.37 bits per heavy atom. The van der Waals surface area contributed by atoms with Crippen LogP contribution in [0.25, 0.3) is 0 Å². The van der Waals surface area contributed by atoms with Gasteiger partial charge in [0.2, 0.25) is 11.1 Å². The molecule has 1 heterocycles. The minimum atomic E-state index is -0.194. The molecule has 0 aliphatic rings. The lowest BCUT2D eigenvalue weighted by Crippen LogP contribution is -2.16. The fourth-order valence-electron chi connectivity index (χ4n) is 2.31. The highest BCUT2D eigenvalue weighted by molar-refractivity contribution is 7.99. The first kappa shape index (κ1) is 21.0. The maximum absolute atomic E-state index is 12.1. The van der Waals surface area contributed by atoms with Gasteiger partial charge in [0.05, 0.1) is 26.2 Å². The van der Waals surface area contributed by atoms with E-state index >= 15 is 0 Å². The Morgan fingerprint density at radius 1 is 1.10 bits per heavy atom. The largest absolute Gasteiger partial charge is 0.497 e. The second-order valence-electron chi connectivity index (χ2n) is 5.88. The van der Waals surface area contributed by atoms with Crippen LogP contribution in [0.5, 0.6) is 11.5 Å². The van der Waals surface area contributed by atoms with E-state index in [0.29, 0.717) is 16.6 Å². The predicted molar refractivity (Wildman–Crippen MR) is 117 cm³/mol. The molecule has 156 valence electrons. The standard InChI is InChI=1S/C19H21N7O3S/c1-28-15-7-3-13(4-8-15)11-21-23-18-24-25-19(26(18)20)30-12-17(27)22-14-5-9-16(29-2)10-6-14/h3-11H,12,20H2,1-2H3,(H,22,27)(H,23,24)/b21-11+. The summed E-state index contributed by atoms with van der Waals surface area (Å²) in [6, 6.07) is 14.4. The number of nitrogen functional groups attached to an aromatic ring is 1. The van der Waals surface area contributed by atoms with Gasteiger partial charge in [-0.2, -0.15) is 5.10 Å². The number of amides is 1. The van der Waals surface area contributed by atoms with Crippen molar-refractivity contribution in [2.75, 3.05) is 36.6 Å². The maximum atomic E-state index is 12.1. The molecule has 2 aromatic carbocycles. The number of hydrogen-bond donors (Lipinski definition) is 3. The molecule has 0 bridgehead atoms. The van der Waals surface area contributed by atoms with Crippen LogP contribution in [0, 0.1) is 0 Å². The van der Waals surface area contributed by atoms with Gasteiger partial charge in [-0.3, -0.25) is 4.79 Å². The van der Waals surface area contributed by atoms with E-state index in [-0.39, 0.29) is 17.6 Å². The predicted octanol–water partition coefficient (Wildman–Crippen LogP) is 2.19. The fourth-order valence-corrected chi connectivity index (χ4v) is 2.96. The number of carbonyl (C=O) groups excluding carboxylic acids is 1. The van der Waals surface area contributed by atoms with E-state index in [1.165, 1.54) is 4.68 Å². The summed E-state index contributed by atoms with van der Waals surface area (Å²) in [5, 5.41) is 15.2. The number of aromatic nitrogens is 3. The molecule has 3 rings (SSSR count). The molecule has 0 fully saturated rings. The average Bonchev–Trinajstić information content (AvgIpc) is 3.13. The monoisotopic (exact) mass is 427 g/mol. The number of nitrogens with zero attached hydrogens (tertiary/aromatic N) is 4. The van der Waals surface area contributed by atoms with Gasteiger partial charge in [-0.05, 0) is 54.1 Å². The van der Waals surface area contributed by atoms with Gasteiger partial charge in [0.15, 0.2) is 0 Å². The number of nitrogens with one attached hydrogen (secondary N) is 2. The van der Waals surface area contributed by atoms with Gasteiger partial charge in [-0.1, -0.05) is 11.8 Å². The van der Waals surface area contributed by atoms with Gasteiger partial charge in [0.1, 0.15) is 11.5 Å². The minimum absolute atomic E-state index is 0.122. The third-order valence-corrected chi connectivity index (χ3v) is 4.81. The fraction of sp³-hybridized carbons (Fsp3) is 0.158. The number of ether oxygens (including phenoxy) is 2. The zero-order valence-corrected chi connectivity index (χ0v) is 17.2. The zero-order valence-electron chi connectivity index (χ0n) is 16.4. The van der Waals surface area contributed by atoms with Gasteiger partial charge in [0, 0.05) is 5.69 Å². The van der Waals surface area contributed by atoms with Gasteiger partial charge < -0.3 is 20.6 Å². The van der Waals surface area contributed by atoms with E-state index in [1.54, 1.807) is 44.7 Å². The van der Waals surface area contributed by atoms with E-state index in [2.05, 4.69) is 26.0 Å². The van der Waals surface area contributed by atoms with Crippen LogP contribution in [0.3, 0.4) is 0 Å². The molecule has 10 nitrogen and oxygen atoms in total. The second kappa shape index (κ2) is 10.2. The summed E-state index contributed by atoms with van der Waals surface area (Å²) in [7, 11) is 3.19. The number of thioether (sulfide) groups is 1. The Balaban J connectivity index is 1.50. The normalized spacial score (nSPS) is 10.7. The number of benzene rings is 2. The highest BCUT2D eigenvalue weighted by atomic mass is 32.2. The number of nitrogens with two attached hydrogens (primary N) is 1. The second-order valence-corrected chi connectivity index (χ2v) is 6.83. The van der Waals surface area contributed by atoms with Crippen LogP contribution in [0.4, 0.5) is 11.6 Å². The molecule has 1 amide bonds. The van der Waals surface area contributed by atoms with Crippen LogP contribution in [0.1, 0.15) is 5.56 Å². The lowest BCUT2D eigenvalue weighted by Gasteiger charge is -2.06. The molecular weight excluding hydrogens is 406 g/mol. The van der Waals surface area contributed by atoms with Crippen LogP contribution in [-0.4, -0.2) is 47.0 Å². The Hall–Kier alpha value is -3.73. The molecule has 0 saturated heterocycles. The Kier molecular flexibility index (Phi) is 7.11. The number of methoxy groups -OCH3 is 2. The SMILES string of the molecule is COc1ccc(/C=N/Nc2nnc(SCC(=O)Nc3ccc(OC)cc3)n2N)cc1. The lowest BCUT2D eigenvalue weighted by molar-refractivity contribution is -0.113. The first-order valence-electron chi connectivity index (χ1n) is 8.79. The molecule has 4 N–H and O–H groups in total. The summed E-state index contributed by atoms with van der Waals surface area (Å²) in [5.41, 5.74) is 4.27. The topological polar surface area (TPSA) is 129 Å². The van der Waals surface area contributed by atoms with Crippen molar-refractivity contribution in [1.82, 2.24) is 14.9 Å². The molecule has 0 atom stereocenters. The molecule has 11 heteroatoms. The van der Waals surface area contributed by atoms with Crippen molar-refractivity contribution in [2.24, 2.45) is 5.10 Å². The number of anilines is 2. The van der Waals surface area contributed by atoms with E-state index in [1.807, 2.05) is 24.3 Å². The Labute approximate surface area is 177 Å². The molecule has 0 aliphatic carbocycles. The van der Waals surface area contributed by atoms with Crippen LogP contribution >= 0.6 is 11.8 Å². The lowest BCUT2D eigenvalue weighted by atomic mass is 10.2. The highest BCUT2D eigenvalue weighted by Gasteiger charge is 2.12. The van der Waals surface area contributed by atoms with Crippen molar-refractivity contribution in [3.05, 3.63) is 54.1 Å². The van der Waals surface area contributed by atoms with E-state index < -0.39 is 0 Å². The van der Waals surface area contributed by atoms with Gasteiger partial charge in [-0.15, -0.1) is 10.2 Å². The van der Waals surface area contributed by atoms with E-state index in [9.17, 15) is 4.79 Å². The van der Waals surface area contributed by atoms with Gasteiger partial charge in [-0.25, -0.2) is 10.1 Å². The summed E-state index contributed by atoms with van der Waals surface area (Å²) in [6.07, 6.45) is 1.61. The smallest absolute Gasteiger partial charge is 0.264 e. The highest BCUT2D eigenvalue weighted by Crippen LogP contribution is 2.19. The van der Waals surface area contributed by atoms with Gasteiger partial charge >= 0.3 is 0 Å². The molecule has 0 spiro atoms. The van der Waals surface area contributed by atoms with Crippen molar-refractivity contribution in [1.29, 1.82) is 0 Å². The molecule has 0 radical (unpaired) electrons. The van der Waals surface area contributed by atoms with Crippen LogP contribution < -0.4 is 26.1 Å². The Bertz CT molecular complexity index is 1000. The van der Waals surface area contributed by atoms with Crippen molar-refractivity contribution in [3.63, 3.8) is 0 Å². The van der Waals surface area contributed by atoms with Crippen molar-refractivity contribution in [3.8, 4) is 11.5 Å². The molecular formula is C19H21N7O3S. The van der Waals surface area contributed by atoms with Crippen LogP contribution in [0.2, 0.25) is 0 Å². The summed E-state index contributed by atoms with van der Waals surface area (Å²) in [5.74, 6) is 7.62.